The maximum atomic E-state index is 11.2. The number of quaternary nitrogens is 1. The predicted molar refractivity (Wildman–Crippen MR) is 61.3 cm³/mol. The quantitative estimate of drug-likeness (QED) is 0.753. The van der Waals surface area contributed by atoms with E-state index >= 15 is 0 Å². The third-order valence-electron chi connectivity index (χ3n) is 2.59. The molecule has 1 rings (SSSR count). The van der Waals surface area contributed by atoms with E-state index in [1.165, 1.54) is 0 Å². The maximum absolute atomic E-state index is 11.2. The number of carboxylic acids is 1. The van der Waals surface area contributed by atoms with Crippen LogP contribution in [0.4, 0.5) is 0 Å². The predicted octanol–water partition coefficient (Wildman–Crippen LogP) is 1.09. The van der Waals surface area contributed by atoms with E-state index in [1.54, 1.807) is 24.3 Å². The smallest absolute Gasteiger partial charge is 0.362 e. The minimum absolute atomic E-state index is 0.195. The maximum Gasteiger partial charge on any atom is 0.362 e. The van der Waals surface area contributed by atoms with Crippen molar-refractivity contribution in [2.45, 2.75) is 12.5 Å². The lowest BCUT2D eigenvalue weighted by molar-refractivity contribution is -0.887. The van der Waals surface area contributed by atoms with Gasteiger partial charge in [0, 0.05) is 6.42 Å². The van der Waals surface area contributed by atoms with E-state index < -0.39 is 12.0 Å². The molecule has 0 aliphatic carbocycles. The van der Waals surface area contributed by atoms with Crippen molar-refractivity contribution in [1.82, 2.24) is 0 Å². The van der Waals surface area contributed by atoms with E-state index in [2.05, 4.69) is 0 Å². The van der Waals surface area contributed by atoms with Crippen LogP contribution in [0.2, 0.25) is 0 Å². The standard InChI is InChI=1S/C12H17NO3/c1-13(2,3)11(12(15)16)8-9-4-6-10(14)7-5-9/h4-7,11H,8H2,1-3H3,(H-,14,15,16)/p+1/t11-/m0/s1. The molecule has 88 valence electrons. The lowest BCUT2D eigenvalue weighted by atomic mass is 10.0. The van der Waals surface area contributed by atoms with Crippen LogP contribution in [0, 0.1) is 0 Å². The molecule has 1 aromatic carbocycles. The Morgan fingerprint density at radius 3 is 2.12 bits per heavy atom. The van der Waals surface area contributed by atoms with Crippen LogP contribution in [-0.2, 0) is 11.2 Å². The molecule has 1 aromatic rings. The van der Waals surface area contributed by atoms with Crippen LogP contribution in [0.5, 0.6) is 5.75 Å². The van der Waals surface area contributed by atoms with Gasteiger partial charge in [-0.2, -0.15) is 0 Å². The van der Waals surface area contributed by atoms with Gasteiger partial charge in [0.2, 0.25) is 0 Å². The monoisotopic (exact) mass is 224 g/mol. The van der Waals surface area contributed by atoms with Gasteiger partial charge < -0.3 is 14.7 Å². The molecule has 16 heavy (non-hydrogen) atoms. The number of aliphatic carboxylic acids is 1. The second-order valence-corrected chi connectivity index (χ2v) is 4.84. The molecule has 0 spiro atoms. The van der Waals surface area contributed by atoms with E-state index in [1.807, 2.05) is 21.1 Å². The molecule has 0 aromatic heterocycles. The Bertz CT molecular complexity index is 365. The second-order valence-electron chi connectivity index (χ2n) is 4.84. The van der Waals surface area contributed by atoms with Gasteiger partial charge in [0.05, 0.1) is 21.1 Å². The Kier molecular flexibility index (Phi) is 3.55. The van der Waals surface area contributed by atoms with Gasteiger partial charge in [-0.1, -0.05) is 12.1 Å². The zero-order chi connectivity index (χ0) is 12.3. The number of nitrogens with zero attached hydrogens (tertiary/aromatic N) is 1. The average Bonchev–Trinajstić information content (AvgIpc) is 2.14. The first-order chi connectivity index (χ1) is 7.30. The van der Waals surface area contributed by atoms with Crippen molar-refractivity contribution in [3.05, 3.63) is 29.8 Å². The van der Waals surface area contributed by atoms with Crippen LogP contribution in [0.15, 0.2) is 24.3 Å². The first-order valence-electron chi connectivity index (χ1n) is 5.12. The zero-order valence-electron chi connectivity index (χ0n) is 9.84. The molecule has 0 aliphatic rings. The topological polar surface area (TPSA) is 57.5 Å². The molecular weight excluding hydrogens is 206 g/mol. The third-order valence-corrected chi connectivity index (χ3v) is 2.59. The first-order valence-corrected chi connectivity index (χ1v) is 5.12. The molecular formula is C12H18NO3+. The molecule has 2 N–H and O–H groups in total. The van der Waals surface area contributed by atoms with Crippen molar-refractivity contribution in [2.75, 3.05) is 21.1 Å². The van der Waals surface area contributed by atoms with Gasteiger partial charge in [0.15, 0.2) is 6.04 Å². The van der Waals surface area contributed by atoms with Crippen LogP contribution in [-0.4, -0.2) is 47.9 Å². The summed E-state index contributed by atoms with van der Waals surface area (Å²) in [6.07, 6.45) is 0.457. The zero-order valence-corrected chi connectivity index (χ0v) is 9.84. The highest BCUT2D eigenvalue weighted by atomic mass is 16.4. The molecule has 4 heteroatoms. The highest BCUT2D eigenvalue weighted by Gasteiger charge is 2.31. The molecule has 0 fully saturated rings. The van der Waals surface area contributed by atoms with Gasteiger partial charge in [-0.25, -0.2) is 4.79 Å². The number of benzene rings is 1. The number of hydrogen-bond donors (Lipinski definition) is 2. The fourth-order valence-electron chi connectivity index (χ4n) is 1.55. The van der Waals surface area contributed by atoms with Gasteiger partial charge in [0.25, 0.3) is 0 Å². The summed E-state index contributed by atoms with van der Waals surface area (Å²) < 4.78 is 0.371. The number of likely N-dealkylation sites (N-methyl/N-ethyl adjacent to an activating group) is 1. The SMILES string of the molecule is C[N+](C)(C)[C@@H](Cc1ccc(O)cc1)C(=O)O. The summed E-state index contributed by atoms with van der Waals surface area (Å²) >= 11 is 0. The molecule has 1 atom stereocenters. The molecule has 4 nitrogen and oxygen atoms in total. The van der Waals surface area contributed by atoms with E-state index in [-0.39, 0.29) is 5.75 Å². The number of carbonyl (C=O) groups is 1. The van der Waals surface area contributed by atoms with Gasteiger partial charge in [0.1, 0.15) is 5.75 Å². The number of rotatable bonds is 4. The van der Waals surface area contributed by atoms with Crippen molar-refractivity contribution in [3.8, 4) is 5.75 Å². The fraction of sp³-hybridized carbons (Fsp3) is 0.417. The van der Waals surface area contributed by atoms with Gasteiger partial charge in [-0.3, -0.25) is 0 Å². The van der Waals surface area contributed by atoms with E-state index in [9.17, 15) is 4.79 Å². The van der Waals surface area contributed by atoms with E-state index in [4.69, 9.17) is 10.2 Å². The Labute approximate surface area is 95.3 Å². The molecule has 0 saturated heterocycles. The van der Waals surface area contributed by atoms with Crippen molar-refractivity contribution in [1.29, 1.82) is 0 Å². The largest absolute Gasteiger partial charge is 0.508 e. The summed E-state index contributed by atoms with van der Waals surface area (Å²) in [7, 11) is 5.58. The Morgan fingerprint density at radius 1 is 1.25 bits per heavy atom. The minimum atomic E-state index is -0.805. The normalized spacial score (nSPS) is 13.4. The Hall–Kier alpha value is -1.55. The van der Waals surface area contributed by atoms with Crippen LogP contribution >= 0.6 is 0 Å². The number of phenols is 1. The Morgan fingerprint density at radius 2 is 1.75 bits per heavy atom. The molecule has 0 bridgehead atoms. The highest BCUT2D eigenvalue weighted by molar-refractivity contribution is 5.72. The average molecular weight is 224 g/mol. The van der Waals surface area contributed by atoms with Crippen LogP contribution in [0.25, 0.3) is 0 Å². The van der Waals surface area contributed by atoms with Crippen LogP contribution < -0.4 is 0 Å². The van der Waals surface area contributed by atoms with Gasteiger partial charge in [-0.05, 0) is 17.7 Å². The van der Waals surface area contributed by atoms with E-state index in [0.717, 1.165) is 5.56 Å². The summed E-state index contributed by atoms with van der Waals surface area (Å²) in [6, 6.07) is 6.17. The van der Waals surface area contributed by atoms with E-state index in [0.29, 0.717) is 10.9 Å². The fourth-order valence-corrected chi connectivity index (χ4v) is 1.55. The van der Waals surface area contributed by atoms with Gasteiger partial charge >= 0.3 is 5.97 Å². The summed E-state index contributed by atoms with van der Waals surface area (Å²) in [4.78, 5) is 11.2. The lowest BCUT2D eigenvalue weighted by Gasteiger charge is -2.31. The van der Waals surface area contributed by atoms with Gasteiger partial charge in [-0.15, -0.1) is 0 Å². The number of aromatic hydroxyl groups is 1. The van der Waals surface area contributed by atoms with Crippen molar-refractivity contribution >= 4 is 5.97 Å². The first kappa shape index (κ1) is 12.5. The molecule has 0 heterocycles. The third kappa shape index (κ3) is 3.24. The van der Waals surface area contributed by atoms with Crippen LogP contribution in [0.3, 0.4) is 0 Å². The van der Waals surface area contributed by atoms with Crippen LogP contribution in [0.1, 0.15) is 5.56 Å². The minimum Gasteiger partial charge on any atom is -0.508 e. The summed E-state index contributed by atoms with van der Waals surface area (Å²) in [5, 5.41) is 18.3. The summed E-state index contributed by atoms with van der Waals surface area (Å²) in [5.74, 6) is -0.610. The number of carboxylic acid groups (broad SMARTS) is 1. The molecule has 0 aliphatic heterocycles. The molecule has 0 amide bonds. The second kappa shape index (κ2) is 4.53. The summed E-state index contributed by atoms with van der Waals surface area (Å²) in [5.41, 5.74) is 0.915. The highest BCUT2D eigenvalue weighted by Crippen LogP contribution is 2.15. The Balaban J connectivity index is 2.84. The molecule has 0 saturated carbocycles. The molecule has 0 unspecified atom stereocenters. The van der Waals surface area contributed by atoms with Crippen molar-refractivity contribution < 1.29 is 19.5 Å². The number of hydrogen-bond acceptors (Lipinski definition) is 2. The lowest BCUT2D eigenvalue weighted by Crippen LogP contribution is -2.51. The summed E-state index contributed by atoms with van der Waals surface area (Å²) in [6.45, 7) is 0. The number of phenolic OH excluding ortho intramolecular Hbond substituents is 1. The van der Waals surface area contributed by atoms with Crippen molar-refractivity contribution in [3.63, 3.8) is 0 Å². The molecule has 0 radical (unpaired) electrons. The van der Waals surface area contributed by atoms with Crippen molar-refractivity contribution in [2.24, 2.45) is 0 Å².